The maximum atomic E-state index is 5.33. The van der Waals surface area contributed by atoms with Crippen LogP contribution in [0.3, 0.4) is 0 Å². The zero-order valence-electron chi connectivity index (χ0n) is 9.17. The van der Waals surface area contributed by atoms with E-state index in [4.69, 9.17) is 4.74 Å². The molecule has 0 spiro atoms. The lowest BCUT2D eigenvalue weighted by Gasteiger charge is -2.45. The van der Waals surface area contributed by atoms with E-state index in [-0.39, 0.29) is 0 Å². The summed E-state index contributed by atoms with van der Waals surface area (Å²) in [5.41, 5.74) is 0. The van der Waals surface area contributed by atoms with Crippen LogP contribution in [0.5, 0.6) is 0 Å². The van der Waals surface area contributed by atoms with Gasteiger partial charge in [-0.15, -0.1) is 0 Å². The number of hydrogen-bond donors (Lipinski definition) is 1. The lowest BCUT2D eigenvalue weighted by Crippen LogP contribution is -2.56. The molecule has 2 bridgehead atoms. The van der Waals surface area contributed by atoms with E-state index in [1.54, 1.807) is 0 Å². The second-order valence-electron chi connectivity index (χ2n) is 4.40. The van der Waals surface area contributed by atoms with Gasteiger partial charge in [0.2, 0.25) is 0 Å². The summed E-state index contributed by atoms with van der Waals surface area (Å²) in [5.74, 6) is 0.932. The van der Waals surface area contributed by atoms with Gasteiger partial charge in [-0.25, -0.2) is 0 Å². The van der Waals surface area contributed by atoms with Crippen LogP contribution in [-0.2, 0) is 4.74 Å². The first-order chi connectivity index (χ1) is 6.90. The first-order valence-electron chi connectivity index (χ1n) is 5.93. The van der Waals surface area contributed by atoms with Crippen molar-refractivity contribution in [3.05, 3.63) is 0 Å². The van der Waals surface area contributed by atoms with E-state index in [1.807, 2.05) is 6.92 Å². The monoisotopic (exact) mass is 198 g/mol. The SMILES string of the molecule is CCOCCNC1CN2CCC1CC2. The highest BCUT2D eigenvalue weighted by atomic mass is 16.5. The number of ether oxygens (including phenoxy) is 1. The van der Waals surface area contributed by atoms with Gasteiger partial charge < -0.3 is 15.0 Å². The van der Waals surface area contributed by atoms with Gasteiger partial charge in [0.1, 0.15) is 0 Å². The van der Waals surface area contributed by atoms with Crippen molar-refractivity contribution in [2.45, 2.75) is 25.8 Å². The summed E-state index contributed by atoms with van der Waals surface area (Å²) in [5, 5.41) is 3.62. The van der Waals surface area contributed by atoms with E-state index in [0.29, 0.717) is 0 Å². The summed E-state index contributed by atoms with van der Waals surface area (Å²) in [7, 11) is 0. The molecule has 3 heteroatoms. The van der Waals surface area contributed by atoms with Gasteiger partial charge in [-0.2, -0.15) is 0 Å². The van der Waals surface area contributed by atoms with Gasteiger partial charge in [0.25, 0.3) is 0 Å². The Bertz CT molecular complexity index is 167. The molecule has 0 aromatic heterocycles. The molecule has 1 atom stereocenters. The molecule has 0 aromatic rings. The molecule has 0 saturated carbocycles. The van der Waals surface area contributed by atoms with E-state index in [0.717, 1.165) is 31.7 Å². The molecule has 3 rings (SSSR count). The minimum absolute atomic E-state index is 0.734. The van der Waals surface area contributed by atoms with Crippen LogP contribution >= 0.6 is 0 Å². The molecule has 3 heterocycles. The van der Waals surface area contributed by atoms with Crippen molar-refractivity contribution in [1.29, 1.82) is 0 Å². The minimum atomic E-state index is 0.734. The fourth-order valence-electron chi connectivity index (χ4n) is 2.66. The van der Waals surface area contributed by atoms with Crippen molar-refractivity contribution in [2.24, 2.45) is 5.92 Å². The fraction of sp³-hybridized carbons (Fsp3) is 1.00. The van der Waals surface area contributed by atoms with Crippen molar-refractivity contribution in [3.63, 3.8) is 0 Å². The summed E-state index contributed by atoms with van der Waals surface area (Å²) < 4.78 is 5.33. The van der Waals surface area contributed by atoms with Crippen LogP contribution in [0.1, 0.15) is 19.8 Å². The molecule has 0 radical (unpaired) electrons. The number of piperidine rings is 3. The van der Waals surface area contributed by atoms with E-state index < -0.39 is 0 Å². The molecule has 3 saturated heterocycles. The fourth-order valence-corrected chi connectivity index (χ4v) is 2.66. The molecule has 3 aliphatic rings. The zero-order valence-corrected chi connectivity index (χ0v) is 9.17. The topological polar surface area (TPSA) is 24.5 Å². The van der Waals surface area contributed by atoms with Crippen LogP contribution in [0.25, 0.3) is 0 Å². The third-order valence-corrected chi connectivity index (χ3v) is 3.51. The predicted octanol–water partition coefficient (Wildman–Crippen LogP) is 0.707. The van der Waals surface area contributed by atoms with E-state index in [1.165, 1.54) is 32.5 Å². The standard InChI is InChI=1S/C11H22N2O/c1-2-14-8-5-12-11-9-13-6-3-10(11)4-7-13/h10-12H,2-9H2,1H3. The number of nitrogens with one attached hydrogen (secondary N) is 1. The van der Waals surface area contributed by atoms with Gasteiger partial charge in [0.05, 0.1) is 6.61 Å². The molecule has 14 heavy (non-hydrogen) atoms. The number of rotatable bonds is 5. The van der Waals surface area contributed by atoms with Crippen LogP contribution < -0.4 is 5.32 Å². The van der Waals surface area contributed by atoms with E-state index in [9.17, 15) is 0 Å². The lowest BCUT2D eigenvalue weighted by molar-refractivity contribution is 0.0659. The van der Waals surface area contributed by atoms with Crippen molar-refractivity contribution >= 4 is 0 Å². The smallest absolute Gasteiger partial charge is 0.0590 e. The summed E-state index contributed by atoms with van der Waals surface area (Å²) in [6, 6.07) is 0.734. The normalized spacial score (nSPS) is 36.2. The zero-order chi connectivity index (χ0) is 9.80. The van der Waals surface area contributed by atoms with Crippen LogP contribution in [0.4, 0.5) is 0 Å². The average Bonchev–Trinajstić information content (AvgIpc) is 2.26. The molecule has 1 unspecified atom stereocenters. The minimum Gasteiger partial charge on any atom is -0.380 e. The van der Waals surface area contributed by atoms with Crippen LogP contribution in [0.15, 0.2) is 0 Å². The van der Waals surface area contributed by atoms with E-state index in [2.05, 4.69) is 10.2 Å². The third kappa shape index (κ3) is 2.47. The average molecular weight is 198 g/mol. The summed E-state index contributed by atoms with van der Waals surface area (Å²) in [4.78, 5) is 2.58. The Balaban J connectivity index is 1.66. The highest BCUT2D eigenvalue weighted by molar-refractivity contribution is 4.90. The molecule has 3 aliphatic heterocycles. The first-order valence-corrected chi connectivity index (χ1v) is 5.93. The second kappa shape index (κ2) is 5.10. The van der Waals surface area contributed by atoms with Gasteiger partial charge in [0, 0.05) is 25.7 Å². The first kappa shape index (κ1) is 10.4. The lowest BCUT2D eigenvalue weighted by atomic mass is 9.84. The largest absolute Gasteiger partial charge is 0.380 e. The highest BCUT2D eigenvalue weighted by Gasteiger charge is 2.33. The second-order valence-corrected chi connectivity index (χ2v) is 4.40. The Labute approximate surface area is 86.8 Å². The molecule has 82 valence electrons. The van der Waals surface area contributed by atoms with Crippen LogP contribution in [0.2, 0.25) is 0 Å². The maximum Gasteiger partial charge on any atom is 0.0590 e. The molecule has 1 N–H and O–H groups in total. The number of fused-ring (bicyclic) bond motifs is 3. The molecule has 3 fully saturated rings. The number of nitrogens with zero attached hydrogens (tertiary/aromatic N) is 1. The molecular weight excluding hydrogens is 176 g/mol. The Hall–Kier alpha value is -0.120. The van der Waals surface area contributed by atoms with Crippen molar-refractivity contribution < 1.29 is 4.74 Å². The quantitative estimate of drug-likeness (QED) is 0.658. The summed E-state index contributed by atoms with van der Waals surface area (Å²) >= 11 is 0. The van der Waals surface area contributed by atoms with Crippen molar-refractivity contribution in [1.82, 2.24) is 10.2 Å². The molecular formula is C11H22N2O. The molecule has 0 aromatic carbocycles. The molecule has 3 nitrogen and oxygen atoms in total. The van der Waals surface area contributed by atoms with Gasteiger partial charge in [-0.1, -0.05) is 0 Å². The molecule has 0 amide bonds. The van der Waals surface area contributed by atoms with Gasteiger partial charge in [0.15, 0.2) is 0 Å². The summed E-state index contributed by atoms with van der Waals surface area (Å²) in [6.07, 6.45) is 2.79. The summed E-state index contributed by atoms with van der Waals surface area (Å²) in [6.45, 7) is 8.68. The Kier molecular flexibility index (Phi) is 3.79. The highest BCUT2D eigenvalue weighted by Crippen LogP contribution is 2.27. The predicted molar refractivity (Wildman–Crippen MR) is 57.4 cm³/mol. The number of hydrogen-bond acceptors (Lipinski definition) is 3. The van der Waals surface area contributed by atoms with Crippen molar-refractivity contribution in [2.75, 3.05) is 39.4 Å². The van der Waals surface area contributed by atoms with Crippen molar-refractivity contribution in [3.8, 4) is 0 Å². The van der Waals surface area contributed by atoms with Crippen LogP contribution in [-0.4, -0.2) is 50.3 Å². The Morgan fingerprint density at radius 3 is 2.71 bits per heavy atom. The van der Waals surface area contributed by atoms with Gasteiger partial charge in [-0.3, -0.25) is 0 Å². The maximum absolute atomic E-state index is 5.33. The Morgan fingerprint density at radius 2 is 2.14 bits per heavy atom. The third-order valence-electron chi connectivity index (χ3n) is 3.51. The van der Waals surface area contributed by atoms with Gasteiger partial charge >= 0.3 is 0 Å². The van der Waals surface area contributed by atoms with Gasteiger partial charge in [-0.05, 0) is 38.8 Å². The van der Waals surface area contributed by atoms with E-state index >= 15 is 0 Å². The van der Waals surface area contributed by atoms with Crippen LogP contribution in [0, 0.1) is 5.92 Å². The molecule has 0 aliphatic carbocycles. The Morgan fingerprint density at radius 1 is 1.36 bits per heavy atom.